The molecule has 1 aromatic heterocycles. The van der Waals surface area contributed by atoms with Crippen LogP contribution in [-0.2, 0) is 4.79 Å². The highest BCUT2D eigenvalue weighted by molar-refractivity contribution is 6.45. The minimum atomic E-state index is -0.546. The van der Waals surface area contributed by atoms with E-state index in [0.717, 1.165) is 12.8 Å². The van der Waals surface area contributed by atoms with Crippen LogP contribution >= 0.6 is 0 Å². The monoisotopic (exact) mass is 247 g/mol. The molecule has 3 rings (SSSR count). The van der Waals surface area contributed by atoms with Gasteiger partial charge in [-0.1, -0.05) is 0 Å². The van der Waals surface area contributed by atoms with Crippen LogP contribution in [-0.4, -0.2) is 27.0 Å². The van der Waals surface area contributed by atoms with Crippen LogP contribution in [0, 0.1) is 0 Å². The number of aromatic nitrogens is 2. The van der Waals surface area contributed by atoms with Crippen molar-refractivity contribution in [1.82, 2.24) is 9.97 Å². The van der Waals surface area contributed by atoms with Crippen LogP contribution in [0.2, 0.25) is 0 Å². The topological polar surface area (TPSA) is 113 Å². The van der Waals surface area contributed by atoms with Crippen LogP contribution in [0.25, 0.3) is 0 Å². The second-order valence-electron chi connectivity index (χ2n) is 4.84. The number of nitrogens with zero attached hydrogens (tertiary/aromatic N) is 2. The van der Waals surface area contributed by atoms with Gasteiger partial charge in [-0.3, -0.25) is 14.6 Å². The Morgan fingerprint density at radius 3 is 2.94 bits per heavy atom. The summed E-state index contributed by atoms with van der Waals surface area (Å²) in [6.07, 6.45) is 2.06. The van der Waals surface area contributed by atoms with E-state index in [-0.39, 0.29) is 17.4 Å². The molecule has 1 unspecified atom stereocenters. The molecule has 2 heterocycles. The van der Waals surface area contributed by atoms with Gasteiger partial charge >= 0.3 is 0 Å². The van der Waals surface area contributed by atoms with Crippen LogP contribution < -0.4 is 16.6 Å². The van der Waals surface area contributed by atoms with Gasteiger partial charge in [-0.2, -0.15) is 4.98 Å². The van der Waals surface area contributed by atoms with Crippen LogP contribution in [0.1, 0.15) is 26.2 Å². The molecular weight excluding hydrogens is 234 g/mol. The van der Waals surface area contributed by atoms with E-state index in [9.17, 15) is 9.59 Å². The molecule has 0 spiro atoms. The van der Waals surface area contributed by atoms with E-state index in [1.165, 1.54) is 0 Å². The molecule has 0 radical (unpaired) electrons. The number of nitrogens with two attached hydrogens (primary N) is 1. The second-order valence-corrected chi connectivity index (χ2v) is 4.84. The predicted molar refractivity (Wildman–Crippen MR) is 67.3 cm³/mol. The average Bonchev–Trinajstić information content (AvgIpc) is 2.26. The van der Waals surface area contributed by atoms with Crippen LogP contribution in [0.15, 0.2) is 9.79 Å². The van der Waals surface area contributed by atoms with Crippen molar-refractivity contribution in [2.24, 2.45) is 4.99 Å². The van der Waals surface area contributed by atoms with Gasteiger partial charge < -0.3 is 11.1 Å². The van der Waals surface area contributed by atoms with E-state index in [1.807, 2.05) is 6.92 Å². The zero-order valence-corrected chi connectivity index (χ0v) is 9.91. The van der Waals surface area contributed by atoms with Crippen molar-refractivity contribution in [3.8, 4) is 0 Å². The number of nitrogens with one attached hydrogen (secondary N) is 2. The maximum Gasteiger partial charge on any atom is 0.280 e. The number of hydrogen-bond donors (Lipinski definition) is 3. The number of hydrogen-bond acceptors (Lipinski definition) is 6. The van der Waals surface area contributed by atoms with Gasteiger partial charge in [0.1, 0.15) is 5.71 Å². The number of H-pyrrole nitrogens is 1. The third-order valence-electron chi connectivity index (χ3n) is 3.40. The summed E-state index contributed by atoms with van der Waals surface area (Å²) in [5.41, 5.74) is 5.07. The summed E-state index contributed by atoms with van der Waals surface area (Å²) in [5.74, 6) is 0.367. The van der Waals surface area contributed by atoms with Crippen molar-refractivity contribution in [1.29, 1.82) is 0 Å². The Kier molecular flexibility index (Phi) is 2.07. The molecule has 0 bridgehead atoms. The van der Waals surface area contributed by atoms with E-state index in [0.29, 0.717) is 18.0 Å². The first-order valence-electron chi connectivity index (χ1n) is 5.80. The summed E-state index contributed by atoms with van der Waals surface area (Å²) in [6, 6.07) is 0. The summed E-state index contributed by atoms with van der Waals surface area (Å²) in [5, 5.41) is 3.12. The number of Topliss-reactive ketones (excluding diaryl/α,β-unsaturated/α-hetero) is 1. The van der Waals surface area contributed by atoms with Gasteiger partial charge in [-0.05, 0) is 19.8 Å². The zero-order valence-electron chi connectivity index (χ0n) is 9.91. The molecule has 7 nitrogen and oxygen atoms in total. The third-order valence-corrected chi connectivity index (χ3v) is 3.40. The lowest BCUT2D eigenvalue weighted by Gasteiger charge is -2.38. The van der Waals surface area contributed by atoms with E-state index < -0.39 is 11.1 Å². The van der Waals surface area contributed by atoms with Gasteiger partial charge in [0.15, 0.2) is 17.3 Å². The molecule has 2 aliphatic rings. The highest BCUT2D eigenvalue weighted by atomic mass is 16.1. The summed E-state index contributed by atoms with van der Waals surface area (Å²) < 4.78 is 0. The molecule has 7 heteroatoms. The van der Waals surface area contributed by atoms with Gasteiger partial charge in [0.25, 0.3) is 5.56 Å². The lowest BCUT2D eigenvalue weighted by molar-refractivity contribution is -0.113. The fourth-order valence-electron chi connectivity index (χ4n) is 2.50. The molecule has 1 fully saturated rings. The molecule has 1 atom stereocenters. The Labute approximate surface area is 103 Å². The molecule has 94 valence electrons. The van der Waals surface area contributed by atoms with E-state index in [1.54, 1.807) is 0 Å². The Balaban J connectivity index is 2.23. The molecule has 0 aromatic carbocycles. The SMILES string of the molecule is CC12CCCC(=O)C1=Nc1c(nc(N)[nH]c1=O)N2. The minimum Gasteiger partial charge on any atom is -0.369 e. The maximum atomic E-state index is 11.9. The number of nitrogen functional groups attached to an aromatic ring is 1. The number of aromatic amines is 1. The first kappa shape index (κ1) is 10.9. The average molecular weight is 247 g/mol. The minimum absolute atomic E-state index is 0.0156. The molecule has 0 saturated heterocycles. The highest BCUT2D eigenvalue weighted by Gasteiger charge is 2.42. The molecule has 18 heavy (non-hydrogen) atoms. The van der Waals surface area contributed by atoms with Gasteiger partial charge in [-0.15, -0.1) is 0 Å². The smallest absolute Gasteiger partial charge is 0.280 e. The Morgan fingerprint density at radius 1 is 1.39 bits per heavy atom. The Morgan fingerprint density at radius 2 is 2.17 bits per heavy atom. The van der Waals surface area contributed by atoms with Crippen LogP contribution in [0.5, 0.6) is 0 Å². The van der Waals surface area contributed by atoms with Gasteiger partial charge in [0.05, 0.1) is 5.54 Å². The normalized spacial score (nSPS) is 25.8. The van der Waals surface area contributed by atoms with Crippen molar-refractivity contribution in [3.05, 3.63) is 10.4 Å². The number of carbonyl (C=O) groups is 1. The predicted octanol–water partition coefficient (Wildman–Crippen LogP) is 0.362. The molecular formula is C11H13N5O2. The van der Waals surface area contributed by atoms with Crippen LogP contribution in [0.4, 0.5) is 17.5 Å². The van der Waals surface area contributed by atoms with Crippen molar-refractivity contribution in [3.63, 3.8) is 0 Å². The fourth-order valence-corrected chi connectivity index (χ4v) is 2.50. The van der Waals surface area contributed by atoms with Crippen molar-refractivity contribution in [2.75, 3.05) is 11.1 Å². The lowest BCUT2D eigenvalue weighted by atomic mass is 9.79. The van der Waals surface area contributed by atoms with E-state index in [2.05, 4.69) is 20.3 Å². The van der Waals surface area contributed by atoms with Crippen LogP contribution in [0.3, 0.4) is 0 Å². The zero-order chi connectivity index (χ0) is 12.9. The van der Waals surface area contributed by atoms with E-state index in [4.69, 9.17) is 5.73 Å². The third kappa shape index (κ3) is 1.43. The van der Waals surface area contributed by atoms with Gasteiger partial charge in [0.2, 0.25) is 5.95 Å². The largest absolute Gasteiger partial charge is 0.369 e. The summed E-state index contributed by atoms with van der Waals surface area (Å²) in [7, 11) is 0. The number of ketones is 1. The second kappa shape index (κ2) is 3.41. The quantitative estimate of drug-likeness (QED) is 0.612. The molecule has 4 N–H and O–H groups in total. The Hall–Kier alpha value is -2.18. The van der Waals surface area contributed by atoms with Crippen molar-refractivity contribution in [2.45, 2.75) is 31.7 Å². The summed E-state index contributed by atoms with van der Waals surface area (Å²) in [4.78, 5) is 34.2. The number of fused-ring (bicyclic) bond motifs is 2. The molecule has 1 aromatic rings. The number of carbonyl (C=O) groups excluding carboxylic acids is 1. The molecule has 1 saturated carbocycles. The van der Waals surface area contributed by atoms with E-state index >= 15 is 0 Å². The fraction of sp³-hybridized carbons (Fsp3) is 0.455. The van der Waals surface area contributed by atoms with Crippen molar-refractivity contribution >= 4 is 28.9 Å². The molecule has 1 aliphatic carbocycles. The summed E-state index contributed by atoms with van der Waals surface area (Å²) in [6.45, 7) is 1.89. The van der Waals surface area contributed by atoms with Gasteiger partial charge in [-0.25, -0.2) is 4.99 Å². The number of rotatable bonds is 0. The first-order valence-corrected chi connectivity index (χ1v) is 5.80. The summed E-state index contributed by atoms with van der Waals surface area (Å²) >= 11 is 0. The van der Waals surface area contributed by atoms with Crippen molar-refractivity contribution < 1.29 is 4.79 Å². The lowest BCUT2D eigenvalue weighted by Crippen LogP contribution is -2.52. The molecule has 1 aliphatic heterocycles. The number of aliphatic imine (C=N–C) groups is 1. The first-order chi connectivity index (χ1) is 8.49. The standard InChI is InChI=1S/C11H13N5O2/c1-11-4-2-3-5(17)7(11)13-6-8(16-11)14-10(12)15-9(6)18/h2-4H2,1H3,(H4,12,14,15,16,18). The number of anilines is 2. The maximum absolute atomic E-state index is 11.9. The molecule has 0 amide bonds. The van der Waals surface area contributed by atoms with Gasteiger partial charge in [0, 0.05) is 6.42 Å². The Bertz CT molecular complexity index is 633. The highest BCUT2D eigenvalue weighted by Crippen LogP contribution is 2.35.